The second kappa shape index (κ2) is 11.0. The average molecular weight is 486 g/mol. The van der Waals surface area contributed by atoms with Gasteiger partial charge >= 0.3 is 12.1 Å². The molecular formula is C25H35N5O5. The monoisotopic (exact) mass is 485 g/mol. The Balaban J connectivity index is 1.42. The van der Waals surface area contributed by atoms with E-state index in [0.29, 0.717) is 53.8 Å². The van der Waals surface area contributed by atoms with Gasteiger partial charge in [0.05, 0.1) is 23.4 Å². The second-order valence-electron chi connectivity index (χ2n) is 9.82. The van der Waals surface area contributed by atoms with Gasteiger partial charge in [0.15, 0.2) is 0 Å². The number of nitrogens with zero attached hydrogens (tertiary/aromatic N) is 5. The van der Waals surface area contributed by atoms with Crippen molar-refractivity contribution in [1.82, 2.24) is 24.9 Å². The van der Waals surface area contributed by atoms with Crippen molar-refractivity contribution in [2.24, 2.45) is 18.9 Å². The highest BCUT2D eigenvalue weighted by atomic mass is 16.6. The van der Waals surface area contributed by atoms with E-state index < -0.39 is 5.97 Å². The third-order valence-electron chi connectivity index (χ3n) is 7.14. The Morgan fingerprint density at radius 3 is 2.63 bits per heavy atom. The van der Waals surface area contributed by atoms with Crippen LogP contribution in [-0.2, 0) is 23.2 Å². The molecule has 0 aromatic carbocycles. The minimum Gasteiger partial charge on any atom is -0.489 e. The number of hydrogen-bond acceptors (Lipinski definition) is 7. The highest BCUT2D eigenvalue weighted by Gasteiger charge is 2.27. The first-order valence-electron chi connectivity index (χ1n) is 12.5. The molecule has 0 aliphatic heterocycles. The summed E-state index contributed by atoms with van der Waals surface area (Å²) in [6.07, 6.45) is 6.95. The summed E-state index contributed by atoms with van der Waals surface area (Å²) in [5.41, 5.74) is 2.51. The van der Waals surface area contributed by atoms with E-state index >= 15 is 0 Å². The molecule has 2 saturated carbocycles. The van der Waals surface area contributed by atoms with E-state index in [2.05, 4.69) is 15.3 Å². The number of rotatable bonds is 8. The zero-order chi connectivity index (χ0) is 24.9. The van der Waals surface area contributed by atoms with Crippen LogP contribution in [0.1, 0.15) is 62.8 Å². The number of carboxylic acids is 1. The lowest BCUT2D eigenvalue weighted by atomic mass is 9.85. The molecule has 0 saturated heterocycles. The third kappa shape index (κ3) is 6.10. The van der Waals surface area contributed by atoms with Crippen molar-refractivity contribution in [3.63, 3.8) is 0 Å². The van der Waals surface area contributed by atoms with Gasteiger partial charge in [0.25, 0.3) is 0 Å². The van der Waals surface area contributed by atoms with Gasteiger partial charge < -0.3 is 19.5 Å². The summed E-state index contributed by atoms with van der Waals surface area (Å²) in [5, 5.41) is 17.8. The van der Waals surface area contributed by atoms with Gasteiger partial charge in [-0.05, 0) is 63.5 Å². The number of carboxylic acid groups (broad SMARTS) is 1. The highest BCUT2D eigenvalue weighted by molar-refractivity contribution is 5.70. The number of ether oxygens (including phenoxy) is 2. The Bertz CT molecular complexity index is 1050. The maximum absolute atomic E-state index is 12.4. The van der Waals surface area contributed by atoms with Crippen LogP contribution >= 0.6 is 0 Å². The molecule has 2 aliphatic rings. The molecule has 2 aromatic rings. The van der Waals surface area contributed by atoms with Crippen LogP contribution in [0.2, 0.25) is 0 Å². The van der Waals surface area contributed by atoms with Gasteiger partial charge in [-0.3, -0.25) is 4.79 Å². The van der Waals surface area contributed by atoms with Crippen LogP contribution in [0, 0.1) is 18.8 Å². The second-order valence-corrected chi connectivity index (χ2v) is 9.82. The summed E-state index contributed by atoms with van der Waals surface area (Å²) >= 11 is 0. The normalized spacial score (nSPS) is 20.5. The van der Waals surface area contributed by atoms with E-state index in [-0.39, 0.29) is 24.7 Å². The summed E-state index contributed by atoms with van der Waals surface area (Å²) in [6, 6.07) is 3.65. The quantitative estimate of drug-likeness (QED) is 0.558. The topological polar surface area (TPSA) is 120 Å². The number of pyridine rings is 1. The Morgan fingerprint density at radius 1 is 1.17 bits per heavy atom. The average Bonchev–Trinajstić information content (AvgIpc) is 3.00. The summed E-state index contributed by atoms with van der Waals surface area (Å²) in [6.45, 7) is 2.62. The van der Waals surface area contributed by atoms with E-state index in [4.69, 9.17) is 9.47 Å². The van der Waals surface area contributed by atoms with Gasteiger partial charge in [-0.15, -0.1) is 5.10 Å². The van der Waals surface area contributed by atoms with Crippen molar-refractivity contribution in [2.45, 2.75) is 71.0 Å². The van der Waals surface area contributed by atoms with Gasteiger partial charge in [0.1, 0.15) is 23.7 Å². The molecule has 1 N–H and O–H groups in total. The molecule has 1 amide bonds. The fourth-order valence-electron chi connectivity index (χ4n) is 4.75. The van der Waals surface area contributed by atoms with Crippen molar-refractivity contribution in [3.05, 3.63) is 23.5 Å². The molecular weight excluding hydrogens is 450 g/mol. The zero-order valence-electron chi connectivity index (χ0n) is 20.8. The van der Waals surface area contributed by atoms with E-state index in [0.717, 1.165) is 19.3 Å². The molecule has 190 valence electrons. The standard InChI is InChI=1S/C25H35N5O5/c1-16-22(35-19-10-5-4-9-18(13-19)24(31)32)12-11-20(26-16)23-21(30(3)28-27-23)15-34-25(33)29(2)14-17-7-6-8-17/h11-12,17-19H,4-10,13-15H2,1-3H3,(H,31,32)/t18-,19+/m1/s1. The Kier molecular flexibility index (Phi) is 7.87. The first kappa shape index (κ1) is 24.9. The predicted molar refractivity (Wildman–Crippen MR) is 128 cm³/mol. The number of hydrogen-bond donors (Lipinski definition) is 1. The molecule has 10 heteroatoms. The molecule has 0 radical (unpaired) electrons. The molecule has 0 bridgehead atoms. The van der Waals surface area contributed by atoms with E-state index in [9.17, 15) is 14.7 Å². The lowest BCUT2D eigenvalue weighted by molar-refractivity contribution is -0.142. The molecule has 4 rings (SSSR count). The molecule has 2 fully saturated rings. The lowest BCUT2D eigenvalue weighted by Gasteiger charge is -2.29. The summed E-state index contributed by atoms with van der Waals surface area (Å²) in [7, 11) is 3.52. The van der Waals surface area contributed by atoms with Crippen molar-refractivity contribution < 1.29 is 24.2 Å². The van der Waals surface area contributed by atoms with Gasteiger partial charge in [0, 0.05) is 20.6 Å². The van der Waals surface area contributed by atoms with E-state index in [1.807, 2.05) is 19.1 Å². The third-order valence-corrected chi connectivity index (χ3v) is 7.14. The Labute approximate surface area is 205 Å². The van der Waals surface area contributed by atoms with Crippen LogP contribution in [0.3, 0.4) is 0 Å². The van der Waals surface area contributed by atoms with Crippen molar-refractivity contribution >= 4 is 12.1 Å². The molecule has 2 atom stereocenters. The molecule has 35 heavy (non-hydrogen) atoms. The fraction of sp³-hybridized carbons (Fsp3) is 0.640. The van der Waals surface area contributed by atoms with Crippen LogP contribution in [0.4, 0.5) is 4.79 Å². The van der Waals surface area contributed by atoms with Crippen molar-refractivity contribution in [2.75, 3.05) is 13.6 Å². The molecule has 0 spiro atoms. The van der Waals surface area contributed by atoms with Crippen LogP contribution in [0.5, 0.6) is 5.75 Å². The molecule has 2 aliphatic carbocycles. The summed E-state index contributed by atoms with van der Waals surface area (Å²) in [4.78, 5) is 30.2. The number of amides is 1. The van der Waals surface area contributed by atoms with E-state index in [1.165, 1.54) is 19.3 Å². The Morgan fingerprint density at radius 2 is 1.94 bits per heavy atom. The van der Waals surface area contributed by atoms with Gasteiger partial charge in [-0.2, -0.15) is 0 Å². The van der Waals surface area contributed by atoms with Gasteiger partial charge in [-0.1, -0.05) is 18.1 Å². The number of carbonyl (C=O) groups excluding carboxylic acids is 1. The first-order valence-corrected chi connectivity index (χ1v) is 12.5. The van der Waals surface area contributed by atoms with Crippen LogP contribution in [-0.4, -0.2) is 61.7 Å². The first-order chi connectivity index (χ1) is 16.8. The van der Waals surface area contributed by atoms with Crippen LogP contribution in [0.15, 0.2) is 12.1 Å². The largest absolute Gasteiger partial charge is 0.489 e. The smallest absolute Gasteiger partial charge is 0.409 e. The highest BCUT2D eigenvalue weighted by Crippen LogP contribution is 2.30. The molecule has 10 nitrogen and oxygen atoms in total. The number of aromatic nitrogens is 4. The number of carbonyl (C=O) groups is 2. The minimum atomic E-state index is -0.754. The molecule has 0 unspecified atom stereocenters. The number of aryl methyl sites for hydroxylation is 2. The van der Waals surface area contributed by atoms with Crippen LogP contribution < -0.4 is 4.74 Å². The maximum Gasteiger partial charge on any atom is 0.409 e. The van der Waals surface area contributed by atoms with Crippen LogP contribution in [0.25, 0.3) is 11.4 Å². The fourth-order valence-corrected chi connectivity index (χ4v) is 4.75. The zero-order valence-corrected chi connectivity index (χ0v) is 20.8. The van der Waals surface area contributed by atoms with Gasteiger partial charge in [0.2, 0.25) is 0 Å². The SMILES string of the molecule is Cc1nc(-c2nnn(C)c2COC(=O)N(C)CC2CCC2)ccc1O[C@H]1CCCC[C@@H](C(=O)O)C1. The minimum absolute atomic E-state index is 0.0459. The van der Waals surface area contributed by atoms with Gasteiger partial charge in [-0.25, -0.2) is 14.5 Å². The summed E-state index contributed by atoms with van der Waals surface area (Å²) in [5.74, 6) is 0.0881. The van der Waals surface area contributed by atoms with Crippen molar-refractivity contribution in [3.8, 4) is 17.1 Å². The van der Waals surface area contributed by atoms with E-state index in [1.54, 1.807) is 23.7 Å². The predicted octanol–water partition coefficient (Wildman–Crippen LogP) is 3.97. The number of aliphatic carboxylic acids is 1. The molecule has 2 aromatic heterocycles. The Hall–Kier alpha value is -3.17. The van der Waals surface area contributed by atoms with Crippen molar-refractivity contribution in [1.29, 1.82) is 0 Å². The maximum atomic E-state index is 12.4. The molecule has 2 heterocycles. The lowest BCUT2D eigenvalue weighted by Crippen LogP contribution is -2.34. The summed E-state index contributed by atoms with van der Waals surface area (Å²) < 4.78 is 13.3.